The second-order valence-electron chi connectivity index (χ2n) is 6.50. The van der Waals surface area contributed by atoms with E-state index in [-0.39, 0.29) is 0 Å². The summed E-state index contributed by atoms with van der Waals surface area (Å²) >= 11 is 1.22. The van der Waals surface area contributed by atoms with E-state index in [0.717, 1.165) is 44.8 Å². The molecule has 0 spiro atoms. The van der Waals surface area contributed by atoms with Gasteiger partial charge in [-0.2, -0.15) is 8.75 Å². The molecule has 2 aromatic carbocycles. The summed E-state index contributed by atoms with van der Waals surface area (Å²) in [5.41, 5.74) is 7.35. The van der Waals surface area contributed by atoms with E-state index < -0.39 is 0 Å². The van der Waals surface area contributed by atoms with Gasteiger partial charge in [0.25, 0.3) is 0 Å². The standard InChI is InChI=1S/C24H16N4S/c1-3-9-17(10-4-1)21-20(15-14-19-13-7-8-16-25-19)26-22(18-11-5-2-6-12-18)24-23(21)27-29-28-24/h1-16H/b15-14+. The van der Waals surface area contributed by atoms with Gasteiger partial charge in [0.2, 0.25) is 0 Å². The summed E-state index contributed by atoms with van der Waals surface area (Å²) in [5.74, 6) is 0. The van der Waals surface area contributed by atoms with Crippen molar-refractivity contribution in [2.75, 3.05) is 0 Å². The van der Waals surface area contributed by atoms with Gasteiger partial charge in [0.1, 0.15) is 11.0 Å². The monoisotopic (exact) mass is 392 g/mol. The first-order chi connectivity index (χ1) is 14.4. The first kappa shape index (κ1) is 17.4. The van der Waals surface area contributed by atoms with Crippen LogP contribution in [0.3, 0.4) is 0 Å². The molecule has 29 heavy (non-hydrogen) atoms. The average molecular weight is 392 g/mol. The number of fused-ring (bicyclic) bond motifs is 1. The Morgan fingerprint density at radius 3 is 2.07 bits per heavy atom. The van der Waals surface area contributed by atoms with E-state index in [1.165, 1.54) is 11.7 Å². The smallest absolute Gasteiger partial charge is 0.131 e. The number of hydrogen-bond donors (Lipinski definition) is 0. The van der Waals surface area contributed by atoms with E-state index in [0.29, 0.717) is 0 Å². The molecule has 4 nitrogen and oxygen atoms in total. The van der Waals surface area contributed by atoms with Crippen molar-refractivity contribution in [2.45, 2.75) is 0 Å². The molecule has 0 saturated heterocycles. The Morgan fingerprint density at radius 1 is 0.655 bits per heavy atom. The predicted molar refractivity (Wildman–Crippen MR) is 119 cm³/mol. The van der Waals surface area contributed by atoms with E-state index >= 15 is 0 Å². The molecule has 0 atom stereocenters. The fourth-order valence-corrected chi connectivity index (χ4v) is 3.86. The lowest BCUT2D eigenvalue weighted by Crippen LogP contribution is -1.95. The molecule has 138 valence electrons. The Bertz CT molecular complexity index is 1280. The van der Waals surface area contributed by atoms with Crippen LogP contribution in [0.2, 0.25) is 0 Å². The number of nitrogens with zero attached hydrogens (tertiary/aromatic N) is 4. The van der Waals surface area contributed by atoms with Crippen molar-refractivity contribution in [1.82, 2.24) is 18.7 Å². The van der Waals surface area contributed by atoms with Crippen LogP contribution in [0.1, 0.15) is 11.4 Å². The molecule has 0 amide bonds. The van der Waals surface area contributed by atoms with Crippen molar-refractivity contribution in [2.24, 2.45) is 0 Å². The van der Waals surface area contributed by atoms with Crippen molar-refractivity contribution in [3.63, 3.8) is 0 Å². The second kappa shape index (κ2) is 7.73. The molecule has 5 aromatic rings. The van der Waals surface area contributed by atoms with Crippen LogP contribution in [-0.4, -0.2) is 18.7 Å². The van der Waals surface area contributed by atoms with Crippen molar-refractivity contribution in [3.8, 4) is 22.4 Å². The van der Waals surface area contributed by atoms with Crippen LogP contribution in [0.4, 0.5) is 0 Å². The van der Waals surface area contributed by atoms with Gasteiger partial charge in [0, 0.05) is 17.3 Å². The van der Waals surface area contributed by atoms with E-state index in [2.05, 4.69) is 38.0 Å². The van der Waals surface area contributed by atoms with E-state index in [1.807, 2.05) is 66.7 Å². The summed E-state index contributed by atoms with van der Waals surface area (Å²) < 4.78 is 9.21. The Kier molecular flexibility index (Phi) is 4.64. The van der Waals surface area contributed by atoms with Gasteiger partial charge >= 0.3 is 0 Å². The zero-order chi connectivity index (χ0) is 19.5. The summed E-state index contributed by atoms with van der Waals surface area (Å²) in [6.45, 7) is 0. The number of benzene rings is 2. The van der Waals surface area contributed by atoms with Crippen LogP contribution < -0.4 is 0 Å². The SMILES string of the molecule is C(=C\c1nc(-c2ccccc2)c2nsnc2c1-c1ccccc1)/c1ccccn1. The lowest BCUT2D eigenvalue weighted by atomic mass is 9.99. The average Bonchev–Trinajstić information content (AvgIpc) is 3.28. The highest BCUT2D eigenvalue weighted by Crippen LogP contribution is 2.36. The summed E-state index contributed by atoms with van der Waals surface area (Å²) in [6, 6.07) is 26.2. The number of rotatable bonds is 4. The minimum Gasteiger partial charge on any atom is -0.257 e. The minimum atomic E-state index is 0.829. The normalized spacial score (nSPS) is 11.3. The highest BCUT2D eigenvalue weighted by Gasteiger charge is 2.18. The first-order valence-corrected chi connectivity index (χ1v) is 9.99. The highest BCUT2D eigenvalue weighted by molar-refractivity contribution is 7.00. The molecule has 0 fully saturated rings. The topological polar surface area (TPSA) is 51.6 Å². The molecule has 0 bridgehead atoms. The van der Waals surface area contributed by atoms with Crippen molar-refractivity contribution >= 4 is 34.9 Å². The Hall–Kier alpha value is -3.70. The highest BCUT2D eigenvalue weighted by atomic mass is 32.1. The quantitative estimate of drug-likeness (QED) is 0.377. The molecule has 0 unspecified atom stereocenters. The molecule has 0 aliphatic heterocycles. The summed E-state index contributed by atoms with van der Waals surface area (Å²) in [5, 5.41) is 0. The largest absolute Gasteiger partial charge is 0.257 e. The van der Waals surface area contributed by atoms with Crippen LogP contribution in [0.5, 0.6) is 0 Å². The van der Waals surface area contributed by atoms with Gasteiger partial charge in [0.15, 0.2) is 0 Å². The molecular weight excluding hydrogens is 376 g/mol. The maximum Gasteiger partial charge on any atom is 0.131 e. The fraction of sp³-hybridized carbons (Fsp3) is 0. The van der Waals surface area contributed by atoms with Crippen LogP contribution in [-0.2, 0) is 0 Å². The lowest BCUT2D eigenvalue weighted by Gasteiger charge is -2.10. The Balaban J connectivity index is 1.78. The number of aromatic nitrogens is 4. The zero-order valence-corrected chi connectivity index (χ0v) is 16.3. The fourth-order valence-electron chi connectivity index (χ4n) is 3.30. The molecule has 3 aromatic heterocycles. The van der Waals surface area contributed by atoms with Gasteiger partial charge in [-0.1, -0.05) is 66.7 Å². The maximum atomic E-state index is 5.02. The van der Waals surface area contributed by atoms with Gasteiger partial charge in [-0.25, -0.2) is 4.98 Å². The van der Waals surface area contributed by atoms with Gasteiger partial charge < -0.3 is 0 Å². The molecule has 5 rings (SSSR count). The number of pyridine rings is 2. The van der Waals surface area contributed by atoms with Crippen molar-refractivity contribution < 1.29 is 0 Å². The van der Waals surface area contributed by atoms with Crippen LogP contribution in [0.25, 0.3) is 45.6 Å². The van der Waals surface area contributed by atoms with Crippen molar-refractivity contribution in [1.29, 1.82) is 0 Å². The Morgan fingerprint density at radius 2 is 1.34 bits per heavy atom. The van der Waals surface area contributed by atoms with Gasteiger partial charge in [0.05, 0.1) is 28.8 Å². The molecule has 0 aliphatic carbocycles. The summed E-state index contributed by atoms with van der Waals surface area (Å²) in [4.78, 5) is 9.41. The van der Waals surface area contributed by atoms with E-state index in [4.69, 9.17) is 4.98 Å². The molecule has 0 saturated carbocycles. The van der Waals surface area contributed by atoms with Crippen LogP contribution in [0, 0.1) is 0 Å². The second-order valence-corrected chi connectivity index (χ2v) is 7.03. The summed E-state index contributed by atoms with van der Waals surface area (Å²) in [6.07, 6.45) is 5.78. The third-order valence-electron chi connectivity index (χ3n) is 4.65. The van der Waals surface area contributed by atoms with E-state index in [9.17, 15) is 0 Å². The van der Waals surface area contributed by atoms with Gasteiger partial charge in [-0.15, -0.1) is 0 Å². The van der Waals surface area contributed by atoms with E-state index in [1.54, 1.807) is 6.20 Å². The Labute approximate surface area is 172 Å². The molecule has 0 aliphatic rings. The van der Waals surface area contributed by atoms with Crippen LogP contribution in [0.15, 0.2) is 85.1 Å². The molecular formula is C24H16N4S. The lowest BCUT2D eigenvalue weighted by molar-refractivity contribution is 1.29. The van der Waals surface area contributed by atoms with Gasteiger partial charge in [-0.05, 0) is 29.8 Å². The van der Waals surface area contributed by atoms with Crippen LogP contribution >= 0.6 is 11.7 Å². The molecule has 0 N–H and O–H groups in total. The third kappa shape index (κ3) is 3.44. The number of hydrogen-bond acceptors (Lipinski definition) is 5. The predicted octanol–water partition coefficient (Wildman–Crippen LogP) is 5.99. The first-order valence-electron chi connectivity index (χ1n) is 9.26. The maximum absolute atomic E-state index is 5.02. The molecule has 3 heterocycles. The third-order valence-corrected chi connectivity index (χ3v) is 5.18. The zero-order valence-electron chi connectivity index (χ0n) is 15.4. The van der Waals surface area contributed by atoms with Gasteiger partial charge in [-0.3, -0.25) is 4.98 Å². The minimum absolute atomic E-state index is 0.829. The molecule has 5 heteroatoms. The summed E-state index contributed by atoms with van der Waals surface area (Å²) in [7, 11) is 0. The molecule has 0 radical (unpaired) electrons. The van der Waals surface area contributed by atoms with Crippen molar-refractivity contribution in [3.05, 3.63) is 96.4 Å².